The fourth-order valence-electron chi connectivity index (χ4n) is 3.87. The molecule has 3 aromatic carbocycles. The van der Waals surface area contributed by atoms with Crippen LogP contribution in [0.25, 0.3) is 22.5 Å². The van der Waals surface area contributed by atoms with Gasteiger partial charge in [-0.1, -0.05) is 23.7 Å². The molecule has 0 atom stereocenters. The second-order valence-electron chi connectivity index (χ2n) is 8.21. The Labute approximate surface area is 236 Å². The Morgan fingerprint density at radius 3 is 2.12 bits per heavy atom. The summed E-state index contributed by atoms with van der Waals surface area (Å²) in [7, 11) is 5.88. The van der Waals surface area contributed by atoms with Gasteiger partial charge < -0.3 is 28.1 Å². The first-order valence-corrected chi connectivity index (χ1v) is 12.3. The molecular weight excluding hydrogens is 536 g/mol. The summed E-state index contributed by atoms with van der Waals surface area (Å²) >= 11 is 6.40. The lowest BCUT2D eigenvalue weighted by atomic mass is 9.98. The van der Waals surface area contributed by atoms with Crippen LogP contribution in [0.4, 0.5) is 5.88 Å². The maximum Gasteiger partial charge on any atom is 0.343 e. The van der Waals surface area contributed by atoms with Crippen molar-refractivity contribution in [3.05, 3.63) is 76.8 Å². The van der Waals surface area contributed by atoms with Crippen LogP contribution < -0.4 is 18.9 Å². The number of halogens is 1. The van der Waals surface area contributed by atoms with Gasteiger partial charge >= 0.3 is 5.97 Å². The van der Waals surface area contributed by atoms with Crippen molar-refractivity contribution in [2.45, 2.75) is 0 Å². The maximum absolute atomic E-state index is 11.5. The number of furan rings is 1. The highest BCUT2D eigenvalue weighted by Gasteiger charge is 2.23. The van der Waals surface area contributed by atoms with E-state index in [0.29, 0.717) is 28.4 Å². The zero-order valence-corrected chi connectivity index (χ0v) is 22.9. The van der Waals surface area contributed by atoms with Gasteiger partial charge in [-0.2, -0.15) is 5.26 Å². The fraction of sp³-hybridized carbons (Fsp3) is 0.167. The van der Waals surface area contributed by atoms with E-state index >= 15 is 0 Å². The molecule has 204 valence electrons. The molecule has 0 spiro atoms. The van der Waals surface area contributed by atoms with Crippen molar-refractivity contribution in [2.75, 3.05) is 35.0 Å². The first-order chi connectivity index (χ1) is 19.4. The average Bonchev–Trinajstić information content (AvgIpc) is 3.37. The van der Waals surface area contributed by atoms with Crippen LogP contribution in [0.3, 0.4) is 0 Å². The predicted octanol–water partition coefficient (Wildman–Crippen LogP) is 6.47. The van der Waals surface area contributed by atoms with E-state index in [1.165, 1.54) is 20.4 Å². The second kappa shape index (κ2) is 12.7. The molecule has 10 heteroatoms. The van der Waals surface area contributed by atoms with Crippen molar-refractivity contribution in [2.24, 2.45) is 4.99 Å². The summed E-state index contributed by atoms with van der Waals surface area (Å²) < 4.78 is 32.2. The molecule has 0 N–H and O–H groups in total. The van der Waals surface area contributed by atoms with Gasteiger partial charge in [0.1, 0.15) is 28.9 Å². The number of nitriles is 1. The Morgan fingerprint density at radius 1 is 0.950 bits per heavy atom. The molecule has 0 aliphatic rings. The number of hydrogen-bond acceptors (Lipinski definition) is 9. The smallest absolute Gasteiger partial charge is 0.343 e. The van der Waals surface area contributed by atoms with Gasteiger partial charge in [0.25, 0.3) is 0 Å². The van der Waals surface area contributed by atoms with Crippen molar-refractivity contribution in [3.8, 4) is 51.5 Å². The summed E-state index contributed by atoms with van der Waals surface area (Å²) in [5, 5.41) is 10.4. The molecule has 0 amide bonds. The number of ether oxygens (including phenoxy) is 5. The van der Waals surface area contributed by atoms with Crippen LogP contribution in [0.5, 0.6) is 23.0 Å². The highest BCUT2D eigenvalue weighted by Crippen LogP contribution is 2.43. The van der Waals surface area contributed by atoms with Crippen LogP contribution in [-0.4, -0.2) is 47.2 Å². The molecule has 0 aliphatic carbocycles. The summed E-state index contributed by atoms with van der Waals surface area (Å²) in [6.07, 6.45) is 1.49. The average molecular weight is 561 g/mol. The lowest BCUT2D eigenvalue weighted by Crippen LogP contribution is -2.13. The van der Waals surface area contributed by atoms with E-state index in [1.807, 2.05) is 48.5 Å². The third kappa shape index (κ3) is 6.03. The fourth-order valence-corrected chi connectivity index (χ4v) is 4.14. The monoisotopic (exact) mass is 560 g/mol. The molecule has 0 fully saturated rings. The zero-order valence-electron chi connectivity index (χ0n) is 22.2. The molecule has 4 aromatic rings. The molecular formula is C30H25ClN2O7. The van der Waals surface area contributed by atoms with Crippen molar-refractivity contribution >= 4 is 29.7 Å². The molecule has 1 aromatic heterocycles. The molecule has 0 bridgehead atoms. The highest BCUT2D eigenvalue weighted by atomic mass is 35.5. The normalized spacial score (nSPS) is 10.7. The molecule has 0 aliphatic heterocycles. The molecule has 40 heavy (non-hydrogen) atoms. The van der Waals surface area contributed by atoms with Crippen LogP contribution >= 0.6 is 11.6 Å². The van der Waals surface area contributed by atoms with Gasteiger partial charge in [0.2, 0.25) is 5.88 Å². The van der Waals surface area contributed by atoms with Crippen molar-refractivity contribution in [1.29, 1.82) is 5.26 Å². The zero-order chi connectivity index (χ0) is 28.6. The summed E-state index contributed by atoms with van der Waals surface area (Å²) in [5.74, 6) is 1.86. The number of carbonyl (C=O) groups is 1. The van der Waals surface area contributed by atoms with Crippen molar-refractivity contribution in [1.82, 2.24) is 0 Å². The number of hydrogen-bond donors (Lipinski definition) is 0. The van der Waals surface area contributed by atoms with E-state index < -0.39 is 5.97 Å². The van der Waals surface area contributed by atoms with Crippen molar-refractivity contribution in [3.63, 3.8) is 0 Å². The summed E-state index contributed by atoms with van der Waals surface area (Å²) in [6, 6.07) is 20.1. The van der Waals surface area contributed by atoms with Gasteiger partial charge in [-0.3, -0.25) is 0 Å². The third-order valence-corrected chi connectivity index (χ3v) is 6.16. The lowest BCUT2D eigenvalue weighted by Gasteiger charge is -2.12. The highest BCUT2D eigenvalue weighted by molar-refractivity contribution is 6.32. The molecule has 0 saturated heterocycles. The first-order valence-electron chi connectivity index (χ1n) is 11.9. The Balaban J connectivity index is 1.78. The minimum Gasteiger partial charge on any atom is -0.497 e. The quantitative estimate of drug-likeness (QED) is 0.160. The molecule has 0 unspecified atom stereocenters. The largest absolute Gasteiger partial charge is 0.497 e. The van der Waals surface area contributed by atoms with Crippen LogP contribution in [0.2, 0.25) is 5.02 Å². The maximum atomic E-state index is 11.5. The SMILES string of the molecule is COC(=O)COc1c(Cl)cc(C=Nc2oc(-c3ccc(OC)cc3)c(-c3ccc(OC)cc3)c2C#N)cc1OC. The van der Waals surface area contributed by atoms with Gasteiger partial charge in [0, 0.05) is 17.3 Å². The van der Waals surface area contributed by atoms with E-state index in [4.69, 9.17) is 35.0 Å². The lowest BCUT2D eigenvalue weighted by molar-refractivity contribution is -0.142. The Bertz CT molecular complexity index is 1570. The molecule has 9 nitrogen and oxygen atoms in total. The van der Waals surface area contributed by atoms with E-state index in [2.05, 4.69) is 15.8 Å². The molecule has 0 radical (unpaired) electrons. The van der Waals surface area contributed by atoms with Gasteiger partial charge in [-0.25, -0.2) is 9.79 Å². The van der Waals surface area contributed by atoms with E-state index in [9.17, 15) is 10.1 Å². The summed E-state index contributed by atoms with van der Waals surface area (Å²) in [6.45, 7) is -0.333. The van der Waals surface area contributed by atoms with E-state index in [-0.39, 0.29) is 34.6 Å². The van der Waals surface area contributed by atoms with E-state index in [0.717, 1.165) is 11.1 Å². The second-order valence-corrected chi connectivity index (χ2v) is 8.62. The van der Waals surface area contributed by atoms with Crippen molar-refractivity contribution < 1.29 is 32.9 Å². The number of benzene rings is 3. The minimum atomic E-state index is -0.564. The number of methoxy groups -OCH3 is 4. The first kappa shape index (κ1) is 28.1. The van der Waals surface area contributed by atoms with E-state index in [1.54, 1.807) is 26.4 Å². The van der Waals surface area contributed by atoms with Gasteiger partial charge in [0.05, 0.1) is 33.5 Å². The molecule has 1 heterocycles. The Kier molecular flexibility index (Phi) is 8.94. The van der Waals surface area contributed by atoms with Gasteiger partial charge in [0.15, 0.2) is 18.1 Å². The van der Waals surface area contributed by atoms with Crippen LogP contribution in [-0.2, 0) is 9.53 Å². The third-order valence-electron chi connectivity index (χ3n) is 5.88. The number of esters is 1. The molecule has 0 saturated carbocycles. The Hall–Kier alpha value is -4.94. The Morgan fingerprint density at radius 2 is 1.57 bits per heavy atom. The number of carbonyl (C=O) groups excluding carboxylic acids is 1. The van der Waals surface area contributed by atoms with Crippen LogP contribution in [0, 0.1) is 11.3 Å². The topological polar surface area (TPSA) is 113 Å². The van der Waals surface area contributed by atoms with Crippen LogP contribution in [0.1, 0.15) is 11.1 Å². The summed E-state index contributed by atoms with van der Waals surface area (Å²) in [4.78, 5) is 16.0. The summed E-state index contributed by atoms with van der Waals surface area (Å²) in [5.41, 5.74) is 2.88. The van der Waals surface area contributed by atoms with Gasteiger partial charge in [-0.05, 0) is 59.7 Å². The number of aliphatic imine (C=N–C) groups is 1. The van der Waals surface area contributed by atoms with Gasteiger partial charge in [-0.15, -0.1) is 0 Å². The van der Waals surface area contributed by atoms with Crippen LogP contribution in [0.15, 0.2) is 70.1 Å². The number of nitrogens with zero attached hydrogens (tertiary/aromatic N) is 2. The predicted molar refractivity (Wildman–Crippen MR) is 150 cm³/mol. The molecule has 4 rings (SSSR count). The number of rotatable bonds is 10. The standard InChI is InChI=1S/C30H25ClN2O7/c1-35-21-9-5-19(6-10-21)27-23(15-32)30(40-28(27)20-7-11-22(36-2)12-8-20)33-16-18-13-24(31)29(25(14-18)37-3)39-17-26(34)38-4/h5-14,16H,17H2,1-4H3. The minimum absolute atomic E-state index is 0.111.